The molecule has 0 bridgehead atoms. The van der Waals surface area contributed by atoms with Gasteiger partial charge in [-0.15, -0.1) is 0 Å². The Labute approximate surface area is 112 Å². The zero-order valence-electron chi connectivity index (χ0n) is 11.0. The third kappa shape index (κ3) is 3.52. The predicted octanol–water partition coefficient (Wildman–Crippen LogP) is 1.58. The smallest absolute Gasteiger partial charge is 0.248 e. The van der Waals surface area contributed by atoms with Crippen LogP contribution in [-0.4, -0.2) is 24.7 Å². The van der Waals surface area contributed by atoms with Crippen molar-refractivity contribution in [2.45, 2.75) is 38.5 Å². The summed E-state index contributed by atoms with van der Waals surface area (Å²) in [5, 5.41) is 3.25. The van der Waals surface area contributed by atoms with Crippen molar-refractivity contribution in [3.05, 3.63) is 35.1 Å². The molecule has 0 aromatic heterocycles. The average molecular weight is 266 g/mol. The van der Waals surface area contributed by atoms with E-state index in [0.29, 0.717) is 12.1 Å². The van der Waals surface area contributed by atoms with Gasteiger partial charge in [0.2, 0.25) is 5.91 Å². The van der Waals surface area contributed by atoms with Gasteiger partial charge in [0.15, 0.2) is 0 Å². The summed E-state index contributed by atoms with van der Waals surface area (Å²) in [5.74, 6) is -1.03. The third-order valence-electron chi connectivity index (χ3n) is 3.47. The Bertz CT molecular complexity index is 459. The van der Waals surface area contributed by atoms with Gasteiger partial charge in [0.05, 0.1) is 6.10 Å². The summed E-state index contributed by atoms with van der Waals surface area (Å²) in [4.78, 5) is 10.9. The number of hydrogen-bond donors (Lipinski definition) is 2. The van der Waals surface area contributed by atoms with E-state index in [1.54, 1.807) is 12.1 Å². The second-order valence-electron chi connectivity index (χ2n) is 4.89. The minimum atomic E-state index is -0.619. The third-order valence-corrected chi connectivity index (χ3v) is 3.47. The summed E-state index contributed by atoms with van der Waals surface area (Å²) in [5.41, 5.74) is 5.81. The molecule has 1 heterocycles. The summed E-state index contributed by atoms with van der Waals surface area (Å²) in [6.45, 7) is 3.25. The van der Waals surface area contributed by atoms with Gasteiger partial charge in [-0.2, -0.15) is 0 Å². The first-order valence-electron chi connectivity index (χ1n) is 6.51. The number of amides is 1. The first-order valence-corrected chi connectivity index (χ1v) is 6.51. The van der Waals surface area contributed by atoms with Crippen molar-refractivity contribution in [2.24, 2.45) is 5.73 Å². The van der Waals surface area contributed by atoms with Gasteiger partial charge in [-0.05, 0) is 31.9 Å². The molecule has 4 nitrogen and oxygen atoms in total. The predicted molar refractivity (Wildman–Crippen MR) is 70.2 cm³/mol. The van der Waals surface area contributed by atoms with E-state index in [1.165, 1.54) is 6.07 Å². The Hall–Kier alpha value is -1.46. The molecule has 1 amide bonds. The number of nitrogens with one attached hydrogen (secondary N) is 1. The number of hydrogen-bond acceptors (Lipinski definition) is 3. The van der Waals surface area contributed by atoms with E-state index in [0.717, 1.165) is 19.4 Å². The standard InChI is InChI=1S/C14H19FN2O2/c1-9(13-3-2-6-19-13)17-8-11-5-4-10(14(16)18)7-12(11)15/h4-5,7,9,13,17H,2-3,6,8H2,1H3,(H2,16,18). The number of primary amides is 1. The number of nitrogens with two attached hydrogens (primary N) is 1. The number of halogens is 1. The molecular formula is C14H19FN2O2. The summed E-state index contributed by atoms with van der Waals surface area (Å²) >= 11 is 0. The van der Waals surface area contributed by atoms with E-state index >= 15 is 0 Å². The molecule has 1 aliphatic heterocycles. The maximum absolute atomic E-state index is 13.8. The number of benzene rings is 1. The van der Waals surface area contributed by atoms with Gasteiger partial charge >= 0.3 is 0 Å². The molecule has 0 radical (unpaired) electrons. The summed E-state index contributed by atoms with van der Waals surface area (Å²) in [6, 6.07) is 4.48. The second-order valence-corrected chi connectivity index (χ2v) is 4.89. The van der Waals surface area contributed by atoms with Gasteiger partial charge in [0.25, 0.3) is 0 Å². The van der Waals surface area contributed by atoms with Crippen LogP contribution in [0.5, 0.6) is 0 Å². The molecule has 2 unspecified atom stereocenters. The highest BCUT2D eigenvalue weighted by atomic mass is 19.1. The monoisotopic (exact) mass is 266 g/mol. The molecule has 5 heteroatoms. The highest BCUT2D eigenvalue weighted by Gasteiger charge is 2.22. The van der Waals surface area contributed by atoms with E-state index < -0.39 is 11.7 Å². The number of rotatable bonds is 5. The van der Waals surface area contributed by atoms with Gasteiger partial charge in [-0.25, -0.2) is 4.39 Å². The Morgan fingerprint density at radius 1 is 1.63 bits per heavy atom. The van der Waals surface area contributed by atoms with Gasteiger partial charge in [0, 0.05) is 30.3 Å². The van der Waals surface area contributed by atoms with Crippen molar-refractivity contribution in [3.63, 3.8) is 0 Å². The maximum atomic E-state index is 13.8. The van der Waals surface area contributed by atoms with E-state index in [1.807, 2.05) is 6.92 Å². The largest absolute Gasteiger partial charge is 0.377 e. The molecule has 1 aliphatic rings. The van der Waals surface area contributed by atoms with Crippen LogP contribution in [0.3, 0.4) is 0 Å². The van der Waals surface area contributed by atoms with Gasteiger partial charge < -0.3 is 15.8 Å². The lowest BCUT2D eigenvalue weighted by molar-refractivity contribution is 0.0831. The summed E-state index contributed by atoms with van der Waals surface area (Å²) in [6.07, 6.45) is 2.32. The van der Waals surface area contributed by atoms with Crippen LogP contribution in [0.1, 0.15) is 35.7 Å². The molecule has 19 heavy (non-hydrogen) atoms. The van der Waals surface area contributed by atoms with Crippen LogP contribution in [0.15, 0.2) is 18.2 Å². The zero-order valence-corrected chi connectivity index (χ0v) is 11.0. The zero-order chi connectivity index (χ0) is 13.8. The molecule has 1 aromatic carbocycles. The average Bonchev–Trinajstić information content (AvgIpc) is 2.90. The number of carbonyl (C=O) groups excluding carboxylic acids is 1. The van der Waals surface area contributed by atoms with Crippen molar-refractivity contribution in [3.8, 4) is 0 Å². The fourth-order valence-electron chi connectivity index (χ4n) is 2.24. The van der Waals surface area contributed by atoms with E-state index in [-0.39, 0.29) is 17.7 Å². The second kappa shape index (κ2) is 6.12. The Balaban J connectivity index is 1.93. The van der Waals surface area contributed by atoms with Gasteiger partial charge in [-0.1, -0.05) is 6.07 Å². The van der Waals surface area contributed by atoms with Crippen LogP contribution in [-0.2, 0) is 11.3 Å². The summed E-state index contributed by atoms with van der Waals surface area (Å²) < 4.78 is 19.3. The van der Waals surface area contributed by atoms with Crippen molar-refractivity contribution in [1.82, 2.24) is 5.32 Å². The molecule has 2 rings (SSSR count). The van der Waals surface area contributed by atoms with Crippen molar-refractivity contribution in [1.29, 1.82) is 0 Å². The lowest BCUT2D eigenvalue weighted by Gasteiger charge is -2.20. The van der Waals surface area contributed by atoms with Crippen LogP contribution in [0.2, 0.25) is 0 Å². The normalized spacial score (nSPS) is 20.4. The Morgan fingerprint density at radius 2 is 2.42 bits per heavy atom. The Kier molecular flexibility index (Phi) is 4.50. The number of ether oxygens (including phenoxy) is 1. The lowest BCUT2D eigenvalue weighted by Crippen LogP contribution is -2.36. The molecule has 0 saturated carbocycles. The molecule has 0 aliphatic carbocycles. The Morgan fingerprint density at radius 3 is 3.00 bits per heavy atom. The quantitative estimate of drug-likeness (QED) is 0.850. The molecule has 0 spiro atoms. The minimum Gasteiger partial charge on any atom is -0.377 e. The maximum Gasteiger partial charge on any atom is 0.248 e. The van der Waals surface area contributed by atoms with E-state index in [9.17, 15) is 9.18 Å². The van der Waals surface area contributed by atoms with Crippen LogP contribution in [0.4, 0.5) is 4.39 Å². The highest BCUT2D eigenvalue weighted by Crippen LogP contribution is 2.16. The van der Waals surface area contributed by atoms with Crippen LogP contribution < -0.4 is 11.1 Å². The fraction of sp³-hybridized carbons (Fsp3) is 0.500. The fourth-order valence-corrected chi connectivity index (χ4v) is 2.24. The van der Waals surface area contributed by atoms with Crippen molar-refractivity contribution >= 4 is 5.91 Å². The molecule has 1 fully saturated rings. The molecule has 1 aromatic rings. The summed E-state index contributed by atoms with van der Waals surface area (Å²) in [7, 11) is 0. The SMILES string of the molecule is CC(NCc1ccc(C(N)=O)cc1F)C1CCCO1. The van der Waals surface area contributed by atoms with Gasteiger partial charge in [-0.3, -0.25) is 4.79 Å². The molecule has 2 atom stereocenters. The molecular weight excluding hydrogens is 247 g/mol. The van der Waals surface area contributed by atoms with Crippen LogP contribution in [0, 0.1) is 5.82 Å². The van der Waals surface area contributed by atoms with Crippen molar-refractivity contribution < 1.29 is 13.9 Å². The first-order chi connectivity index (χ1) is 9.08. The van der Waals surface area contributed by atoms with E-state index in [4.69, 9.17) is 10.5 Å². The molecule has 1 saturated heterocycles. The van der Waals surface area contributed by atoms with Crippen molar-refractivity contribution in [2.75, 3.05) is 6.61 Å². The van der Waals surface area contributed by atoms with Crippen LogP contribution >= 0.6 is 0 Å². The first kappa shape index (κ1) is 14.0. The molecule has 3 N–H and O–H groups in total. The highest BCUT2D eigenvalue weighted by molar-refractivity contribution is 5.92. The number of carbonyl (C=O) groups is 1. The van der Waals surface area contributed by atoms with Gasteiger partial charge in [0.1, 0.15) is 5.82 Å². The lowest BCUT2D eigenvalue weighted by atomic mass is 10.1. The van der Waals surface area contributed by atoms with Crippen LogP contribution in [0.25, 0.3) is 0 Å². The topological polar surface area (TPSA) is 64.3 Å². The minimum absolute atomic E-state index is 0.178. The van der Waals surface area contributed by atoms with E-state index in [2.05, 4.69) is 5.32 Å². The molecule has 104 valence electrons.